The van der Waals surface area contributed by atoms with E-state index in [1.807, 2.05) is 0 Å². The second-order valence-corrected chi connectivity index (χ2v) is 4.68. The first-order valence-electron chi connectivity index (χ1n) is 6.52. The maximum absolute atomic E-state index is 12.8. The summed E-state index contributed by atoms with van der Waals surface area (Å²) in [6.45, 7) is 0.976. The minimum Gasteiger partial charge on any atom is -0.332 e. The zero-order valence-corrected chi connectivity index (χ0v) is 10.5. The summed E-state index contributed by atoms with van der Waals surface area (Å²) in [6, 6.07) is 3.00. The van der Waals surface area contributed by atoms with Gasteiger partial charge >= 0.3 is 0 Å². The molecule has 0 bridgehead atoms. The standard InChI is InChI=1S/C13H15FN4O/c14-9-5-6-11(16-8-9)13-17-12(18-19-13)10-4-2-1-3-7-15-10/h5-6,8,10,15H,1-4,7H2. The highest BCUT2D eigenvalue weighted by Crippen LogP contribution is 2.22. The van der Waals surface area contributed by atoms with Crippen LogP contribution in [0, 0.1) is 5.82 Å². The van der Waals surface area contributed by atoms with Gasteiger partial charge in [-0.1, -0.05) is 18.0 Å². The molecule has 19 heavy (non-hydrogen) atoms. The molecule has 1 unspecified atom stereocenters. The van der Waals surface area contributed by atoms with Crippen molar-refractivity contribution in [1.29, 1.82) is 0 Å². The predicted octanol–water partition coefficient (Wildman–Crippen LogP) is 2.48. The van der Waals surface area contributed by atoms with Gasteiger partial charge < -0.3 is 9.84 Å². The van der Waals surface area contributed by atoms with E-state index in [0.29, 0.717) is 17.4 Å². The van der Waals surface area contributed by atoms with Gasteiger partial charge in [0.15, 0.2) is 5.82 Å². The smallest absolute Gasteiger partial charge is 0.276 e. The van der Waals surface area contributed by atoms with Gasteiger partial charge in [-0.3, -0.25) is 0 Å². The number of hydrogen-bond donors (Lipinski definition) is 1. The Morgan fingerprint density at radius 2 is 2.21 bits per heavy atom. The number of pyridine rings is 1. The highest BCUT2D eigenvalue weighted by molar-refractivity contribution is 5.45. The lowest BCUT2D eigenvalue weighted by Gasteiger charge is -2.09. The zero-order chi connectivity index (χ0) is 13.1. The van der Waals surface area contributed by atoms with Gasteiger partial charge in [0, 0.05) is 0 Å². The Labute approximate surface area is 110 Å². The maximum Gasteiger partial charge on any atom is 0.276 e. The van der Waals surface area contributed by atoms with Crippen molar-refractivity contribution in [2.75, 3.05) is 6.54 Å². The van der Waals surface area contributed by atoms with Crippen molar-refractivity contribution in [1.82, 2.24) is 20.4 Å². The van der Waals surface area contributed by atoms with E-state index in [2.05, 4.69) is 20.4 Å². The molecule has 1 saturated heterocycles. The number of hydrogen-bond acceptors (Lipinski definition) is 5. The Bertz CT molecular complexity index is 532. The van der Waals surface area contributed by atoms with Gasteiger partial charge in [0.25, 0.3) is 5.89 Å². The quantitative estimate of drug-likeness (QED) is 0.900. The van der Waals surface area contributed by atoms with Gasteiger partial charge in [-0.25, -0.2) is 9.37 Å². The highest BCUT2D eigenvalue weighted by Gasteiger charge is 2.20. The molecule has 0 saturated carbocycles. The van der Waals surface area contributed by atoms with Gasteiger partial charge in [0.2, 0.25) is 0 Å². The van der Waals surface area contributed by atoms with Crippen LogP contribution in [0.4, 0.5) is 4.39 Å². The fraction of sp³-hybridized carbons (Fsp3) is 0.462. The number of aromatic nitrogens is 3. The molecule has 1 aliphatic rings. The average molecular weight is 262 g/mol. The monoisotopic (exact) mass is 262 g/mol. The molecule has 6 heteroatoms. The molecule has 1 N–H and O–H groups in total. The Morgan fingerprint density at radius 1 is 1.26 bits per heavy atom. The summed E-state index contributed by atoms with van der Waals surface area (Å²) in [7, 11) is 0. The largest absolute Gasteiger partial charge is 0.332 e. The lowest BCUT2D eigenvalue weighted by molar-refractivity contribution is 0.401. The van der Waals surface area contributed by atoms with Crippen molar-refractivity contribution in [3.63, 3.8) is 0 Å². The van der Waals surface area contributed by atoms with Crippen LogP contribution in [0.5, 0.6) is 0 Å². The molecule has 3 heterocycles. The van der Waals surface area contributed by atoms with Crippen molar-refractivity contribution in [3.8, 4) is 11.6 Å². The van der Waals surface area contributed by atoms with Crippen LogP contribution in [0.1, 0.15) is 37.5 Å². The minimum absolute atomic E-state index is 0.139. The first kappa shape index (κ1) is 12.2. The van der Waals surface area contributed by atoms with Gasteiger partial charge in [0.05, 0.1) is 12.2 Å². The molecule has 0 aliphatic carbocycles. The van der Waals surface area contributed by atoms with Gasteiger partial charge in [-0.15, -0.1) is 0 Å². The number of nitrogens with one attached hydrogen (secondary N) is 1. The second-order valence-electron chi connectivity index (χ2n) is 4.68. The fourth-order valence-corrected chi connectivity index (χ4v) is 2.23. The van der Waals surface area contributed by atoms with E-state index in [1.165, 1.54) is 25.0 Å². The summed E-state index contributed by atoms with van der Waals surface area (Å²) in [5.41, 5.74) is 0.494. The molecule has 2 aromatic heterocycles. The summed E-state index contributed by atoms with van der Waals surface area (Å²) in [5.74, 6) is 0.609. The lowest BCUT2D eigenvalue weighted by Crippen LogP contribution is -2.21. The van der Waals surface area contributed by atoms with Crippen LogP contribution in [0.25, 0.3) is 11.6 Å². The third-order valence-corrected chi connectivity index (χ3v) is 3.26. The normalized spacial score (nSPS) is 20.2. The molecule has 5 nitrogen and oxygen atoms in total. The van der Waals surface area contributed by atoms with E-state index in [9.17, 15) is 4.39 Å². The number of nitrogens with zero attached hydrogens (tertiary/aromatic N) is 3. The third kappa shape index (κ3) is 2.78. The van der Waals surface area contributed by atoms with E-state index >= 15 is 0 Å². The highest BCUT2D eigenvalue weighted by atomic mass is 19.1. The molecule has 0 spiro atoms. The zero-order valence-electron chi connectivity index (χ0n) is 10.5. The van der Waals surface area contributed by atoms with Crippen LogP contribution in [0.15, 0.2) is 22.9 Å². The SMILES string of the molecule is Fc1ccc(-c2nc(C3CCCCCN3)no2)nc1. The molecule has 100 valence electrons. The molecular formula is C13H15FN4O. The van der Waals surface area contributed by atoms with E-state index in [0.717, 1.165) is 25.6 Å². The fourth-order valence-electron chi connectivity index (χ4n) is 2.23. The topological polar surface area (TPSA) is 63.8 Å². The van der Waals surface area contributed by atoms with Crippen LogP contribution < -0.4 is 5.32 Å². The Kier molecular flexibility index (Phi) is 3.50. The lowest BCUT2D eigenvalue weighted by atomic mass is 10.1. The molecule has 0 radical (unpaired) electrons. The summed E-state index contributed by atoms with van der Waals surface area (Å²) in [4.78, 5) is 8.28. The molecule has 1 fully saturated rings. The van der Waals surface area contributed by atoms with Crippen LogP contribution in [-0.4, -0.2) is 21.7 Å². The Morgan fingerprint density at radius 3 is 3.05 bits per heavy atom. The molecule has 3 rings (SSSR count). The Hall–Kier alpha value is -1.82. The summed E-state index contributed by atoms with van der Waals surface area (Å²) >= 11 is 0. The summed E-state index contributed by atoms with van der Waals surface area (Å²) < 4.78 is 18.0. The van der Waals surface area contributed by atoms with Gasteiger partial charge in [-0.05, 0) is 31.5 Å². The molecular weight excluding hydrogens is 247 g/mol. The van der Waals surface area contributed by atoms with Gasteiger partial charge in [-0.2, -0.15) is 4.98 Å². The van der Waals surface area contributed by atoms with Crippen molar-refractivity contribution >= 4 is 0 Å². The van der Waals surface area contributed by atoms with E-state index in [-0.39, 0.29) is 11.9 Å². The average Bonchev–Trinajstić information content (AvgIpc) is 2.76. The molecule has 0 amide bonds. The van der Waals surface area contributed by atoms with E-state index in [1.54, 1.807) is 0 Å². The van der Waals surface area contributed by atoms with Crippen LogP contribution in [-0.2, 0) is 0 Å². The van der Waals surface area contributed by atoms with Crippen molar-refractivity contribution in [2.45, 2.75) is 31.7 Å². The summed E-state index contributed by atoms with van der Waals surface area (Å²) in [6.07, 6.45) is 5.73. The van der Waals surface area contributed by atoms with Crippen LogP contribution >= 0.6 is 0 Å². The Balaban J connectivity index is 1.80. The minimum atomic E-state index is -0.381. The molecule has 0 aromatic carbocycles. The number of rotatable bonds is 2. The van der Waals surface area contributed by atoms with Crippen molar-refractivity contribution < 1.29 is 8.91 Å². The van der Waals surface area contributed by atoms with Crippen LogP contribution in [0.2, 0.25) is 0 Å². The molecule has 1 aliphatic heterocycles. The van der Waals surface area contributed by atoms with Gasteiger partial charge in [0.1, 0.15) is 11.5 Å². The van der Waals surface area contributed by atoms with Crippen molar-refractivity contribution in [2.24, 2.45) is 0 Å². The summed E-state index contributed by atoms with van der Waals surface area (Å²) in [5, 5.41) is 7.40. The maximum atomic E-state index is 12.8. The first-order valence-corrected chi connectivity index (χ1v) is 6.52. The molecule has 1 atom stereocenters. The predicted molar refractivity (Wildman–Crippen MR) is 66.7 cm³/mol. The second kappa shape index (κ2) is 5.44. The van der Waals surface area contributed by atoms with E-state index < -0.39 is 0 Å². The van der Waals surface area contributed by atoms with E-state index in [4.69, 9.17) is 4.52 Å². The van der Waals surface area contributed by atoms with Crippen LogP contribution in [0.3, 0.4) is 0 Å². The molecule has 2 aromatic rings. The number of halogens is 1. The first-order chi connectivity index (χ1) is 9.33. The van der Waals surface area contributed by atoms with Crippen molar-refractivity contribution in [3.05, 3.63) is 30.0 Å². The third-order valence-electron chi connectivity index (χ3n) is 3.26.